The molecular weight excluding hydrogens is 362 g/mol. The molecule has 1 aliphatic rings. The normalized spacial score (nSPS) is 15.4. The van der Waals surface area contributed by atoms with Gasteiger partial charge in [-0.3, -0.25) is 0 Å². The van der Waals surface area contributed by atoms with Gasteiger partial charge in [0.05, 0.1) is 23.3 Å². The first-order chi connectivity index (χ1) is 12.9. The highest BCUT2D eigenvalue weighted by molar-refractivity contribution is 7.89. The molecule has 0 unspecified atom stereocenters. The molecule has 1 aliphatic heterocycles. The highest BCUT2D eigenvalue weighted by Crippen LogP contribution is 2.29. The third-order valence-electron chi connectivity index (χ3n) is 4.91. The van der Waals surface area contributed by atoms with Crippen molar-refractivity contribution in [3.05, 3.63) is 53.1 Å². The van der Waals surface area contributed by atoms with Gasteiger partial charge < -0.3 is 9.64 Å². The van der Waals surface area contributed by atoms with Crippen LogP contribution >= 0.6 is 0 Å². The lowest BCUT2D eigenvalue weighted by Gasteiger charge is -2.36. The first-order valence-corrected chi connectivity index (χ1v) is 10.2. The highest BCUT2D eigenvalue weighted by atomic mass is 32.2. The summed E-state index contributed by atoms with van der Waals surface area (Å²) in [4.78, 5) is 2.39. The second kappa shape index (κ2) is 7.59. The van der Waals surface area contributed by atoms with Gasteiger partial charge in [0.25, 0.3) is 0 Å². The molecule has 1 heterocycles. The maximum atomic E-state index is 13.1. The van der Waals surface area contributed by atoms with Gasteiger partial charge in [-0.25, -0.2) is 8.42 Å². The van der Waals surface area contributed by atoms with Gasteiger partial charge in [0.15, 0.2) is 0 Å². The van der Waals surface area contributed by atoms with Crippen molar-refractivity contribution in [2.45, 2.75) is 18.7 Å². The highest BCUT2D eigenvalue weighted by Gasteiger charge is 2.30. The molecule has 0 saturated carbocycles. The van der Waals surface area contributed by atoms with Gasteiger partial charge in [0, 0.05) is 26.2 Å². The lowest BCUT2D eigenvalue weighted by molar-refractivity contribution is 0.384. The van der Waals surface area contributed by atoms with E-state index in [0.29, 0.717) is 48.0 Å². The van der Waals surface area contributed by atoms with Crippen molar-refractivity contribution in [3.8, 4) is 11.8 Å². The number of hydrogen-bond donors (Lipinski definition) is 0. The Kier molecular flexibility index (Phi) is 5.40. The smallest absolute Gasteiger partial charge is 0.243 e. The summed E-state index contributed by atoms with van der Waals surface area (Å²) in [6.07, 6.45) is 0. The number of rotatable bonds is 4. The van der Waals surface area contributed by atoms with Crippen LogP contribution in [0.25, 0.3) is 0 Å². The summed E-state index contributed by atoms with van der Waals surface area (Å²) in [6, 6.07) is 13.1. The minimum atomic E-state index is -3.58. The molecule has 6 nitrogen and oxygen atoms in total. The number of sulfonamides is 1. The standard InChI is InChI=1S/C20H23N3O3S/c1-15-13-20(16(2)12-19(15)26-3)27(24,25)23-10-8-22(9-11-23)18-7-5-4-6-17(18)14-21/h4-7,12-13H,8-11H2,1-3H3. The maximum absolute atomic E-state index is 13.1. The van der Waals surface area contributed by atoms with Crippen LogP contribution < -0.4 is 9.64 Å². The number of aryl methyl sites for hydroxylation is 2. The fraction of sp³-hybridized carbons (Fsp3) is 0.350. The van der Waals surface area contributed by atoms with Gasteiger partial charge >= 0.3 is 0 Å². The van der Waals surface area contributed by atoms with Gasteiger partial charge in [-0.2, -0.15) is 9.57 Å². The maximum Gasteiger partial charge on any atom is 0.243 e. The average molecular weight is 385 g/mol. The monoisotopic (exact) mass is 385 g/mol. The zero-order chi connectivity index (χ0) is 19.6. The van der Waals surface area contributed by atoms with Crippen molar-refractivity contribution in [3.63, 3.8) is 0 Å². The Hall–Kier alpha value is -2.56. The average Bonchev–Trinajstić information content (AvgIpc) is 2.69. The predicted molar refractivity (Wildman–Crippen MR) is 105 cm³/mol. The number of piperazine rings is 1. The van der Waals surface area contributed by atoms with Gasteiger partial charge in [0.1, 0.15) is 11.8 Å². The molecule has 2 aromatic carbocycles. The SMILES string of the molecule is COc1cc(C)c(S(=O)(=O)N2CCN(c3ccccc3C#N)CC2)cc1C. The molecule has 1 saturated heterocycles. The van der Waals surface area contributed by atoms with E-state index in [-0.39, 0.29) is 0 Å². The van der Waals surface area contributed by atoms with E-state index >= 15 is 0 Å². The molecule has 7 heteroatoms. The van der Waals surface area contributed by atoms with E-state index < -0.39 is 10.0 Å². The van der Waals surface area contributed by atoms with Crippen LogP contribution in [0.2, 0.25) is 0 Å². The number of nitrogens with zero attached hydrogens (tertiary/aromatic N) is 3. The Bertz CT molecular complexity index is 988. The minimum Gasteiger partial charge on any atom is -0.496 e. The molecule has 0 aliphatic carbocycles. The minimum absolute atomic E-state index is 0.326. The molecule has 0 radical (unpaired) electrons. The second-order valence-corrected chi connectivity index (χ2v) is 8.51. The number of ether oxygens (including phenoxy) is 1. The van der Waals surface area contributed by atoms with E-state index in [1.807, 2.05) is 25.1 Å². The van der Waals surface area contributed by atoms with Crippen LogP contribution in [0.1, 0.15) is 16.7 Å². The Morgan fingerprint density at radius 2 is 1.70 bits per heavy atom. The molecule has 0 N–H and O–H groups in total. The van der Waals surface area contributed by atoms with E-state index in [1.54, 1.807) is 32.2 Å². The first kappa shape index (κ1) is 19.2. The lowest BCUT2D eigenvalue weighted by Crippen LogP contribution is -2.49. The largest absolute Gasteiger partial charge is 0.496 e. The molecule has 2 aromatic rings. The Morgan fingerprint density at radius 3 is 2.33 bits per heavy atom. The molecule has 0 aromatic heterocycles. The van der Waals surface area contributed by atoms with E-state index in [1.165, 1.54) is 4.31 Å². The first-order valence-electron chi connectivity index (χ1n) is 8.78. The second-order valence-electron chi connectivity index (χ2n) is 6.61. The Morgan fingerprint density at radius 1 is 1.04 bits per heavy atom. The predicted octanol–water partition coefficient (Wildman–Crippen LogP) is 2.69. The molecule has 0 atom stereocenters. The summed E-state index contributed by atoms with van der Waals surface area (Å²) in [5.41, 5.74) is 2.93. The Labute approximate surface area is 160 Å². The number of benzene rings is 2. The van der Waals surface area contributed by atoms with Crippen LogP contribution in [-0.4, -0.2) is 46.0 Å². The summed E-state index contributed by atoms with van der Waals surface area (Å²) in [6.45, 7) is 5.49. The van der Waals surface area contributed by atoms with Crippen LogP contribution in [0.4, 0.5) is 5.69 Å². The third-order valence-corrected chi connectivity index (χ3v) is 6.95. The van der Waals surface area contributed by atoms with Crippen molar-refractivity contribution in [1.82, 2.24) is 4.31 Å². The fourth-order valence-corrected chi connectivity index (χ4v) is 5.13. The van der Waals surface area contributed by atoms with Gasteiger partial charge in [-0.15, -0.1) is 0 Å². The summed E-state index contributed by atoms with van der Waals surface area (Å²) in [5, 5.41) is 9.29. The zero-order valence-corrected chi connectivity index (χ0v) is 16.6. The van der Waals surface area contributed by atoms with E-state index in [9.17, 15) is 13.7 Å². The zero-order valence-electron chi connectivity index (χ0n) is 15.8. The molecular formula is C20H23N3O3S. The van der Waals surface area contributed by atoms with Crippen LogP contribution in [0.3, 0.4) is 0 Å². The Balaban J connectivity index is 1.81. The summed E-state index contributed by atoms with van der Waals surface area (Å²) in [7, 11) is -2.00. The van der Waals surface area contributed by atoms with Crippen LogP contribution in [-0.2, 0) is 10.0 Å². The lowest BCUT2D eigenvalue weighted by atomic mass is 10.1. The van der Waals surface area contributed by atoms with E-state index in [4.69, 9.17) is 4.74 Å². The topological polar surface area (TPSA) is 73.6 Å². The van der Waals surface area contributed by atoms with Gasteiger partial charge in [-0.1, -0.05) is 12.1 Å². The summed E-state index contributed by atoms with van der Waals surface area (Å²) in [5.74, 6) is 0.685. The van der Waals surface area contributed by atoms with Crippen molar-refractivity contribution in [2.75, 3.05) is 38.2 Å². The van der Waals surface area contributed by atoms with Crippen molar-refractivity contribution < 1.29 is 13.2 Å². The quantitative estimate of drug-likeness (QED) is 0.809. The molecule has 1 fully saturated rings. The van der Waals surface area contributed by atoms with Crippen molar-refractivity contribution in [1.29, 1.82) is 5.26 Å². The molecule has 142 valence electrons. The number of methoxy groups -OCH3 is 1. The number of hydrogen-bond acceptors (Lipinski definition) is 5. The van der Waals surface area contributed by atoms with Crippen LogP contribution in [0, 0.1) is 25.2 Å². The molecule has 0 spiro atoms. The number of anilines is 1. The van der Waals surface area contributed by atoms with Gasteiger partial charge in [0.2, 0.25) is 10.0 Å². The molecule has 3 rings (SSSR count). The van der Waals surface area contributed by atoms with E-state index in [2.05, 4.69) is 11.0 Å². The molecule has 27 heavy (non-hydrogen) atoms. The fourth-order valence-electron chi connectivity index (χ4n) is 3.41. The van der Waals surface area contributed by atoms with Gasteiger partial charge in [-0.05, 0) is 49.2 Å². The summed E-state index contributed by atoms with van der Waals surface area (Å²) >= 11 is 0. The van der Waals surface area contributed by atoms with Crippen LogP contribution in [0.15, 0.2) is 41.3 Å². The molecule has 0 bridgehead atoms. The molecule has 0 amide bonds. The number of para-hydroxylation sites is 1. The van der Waals surface area contributed by atoms with Crippen molar-refractivity contribution >= 4 is 15.7 Å². The summed E-state index contributed by atoms with van der Waals surface area (Å²) < 4.78 is 33.1. The third kappa shape index (κ3) is 3.64. The van der Waals surface area contributed by atoms with E-state index in [0.717, 1.165) is 11.3 Å². The van der Waals surface area contributed by atoms with Crippen LogP contribution in [0.5, 0.6) is 5.75 Å². The van der Waals surface area contributed by atoms with Crippen molar-refractivity contribution in [2.24, 2.45) is 0 Å². The number of nitriles is 1.